The summed E-state index contributed by atoms with van der Waals surface area (Å²) in [5, 5.41) is 12.9. The number of hydrogen-bond donors (Lipinski definition) is 2. The van der Waals surface area contributed by atoms with Crippen LogP contribution < -0.4 is 5.32 Å². The monoisotopic (exact) mass is 333 g/mol. The van der Waals surface area contributed by atoms with E-state index in [0.29, 0.717) is 10.9 Å². The van der Waals surface area contributed by atoms with Gasteiger partial charge in [0.1, 0.15) is 5.75 Å². The molecular weight excluding hydrogens is 318 g/mol. The third-order valence-electron chi connectivity index (χ3n) is 3.20. The van der Waals surface area contributed by atoms with Gasteiger partial charge in [-0.1, -0.05) is 46.3 Å². The van der Waals surface area contributed by atoms with E-state index in [2.05, 4.69) is 21.2 Å². The molecule has 0 aliphatic carbocycles. The summed E-state index contributed by atoms with van der Waals surface area (Å²) in [4.78, 5) is 12.3. The Labute approximate surface area is 126 Å². The highest BCUT2D eigenvalue weighted by atomic mass is 79.9. The summed E-state index contributed by atoms with van der Waals surface area (Å²) in [6, 6.07) is 16.0. The molecule has 2 rings (SSSR count). The number of phenols is 1. The second kappa shape index (κ2) is 6.09. The van der Waals surface area contributed by atoms with Crippen molar-refractivity contribution >= 4 is 21.8 Å². The molecule has 1 amide bonds. The lowest BCUT2D eigenvalue weighted by atomic mass is 9.94. The van der Waals surface area contributed by atoms with Gasteiger partial charge in [0.15, 0.2) is 0 Å². The highest BCUT2D eigenvalue weighted by Gasteiger charge is 2.27. The van der Waals surface area contributed by atoms with E-state index in [4.69, 9.17) is 0 Å². The number of nitrogens with one attached hydrogen (secondary N) is 1. The van der Waals surface area contributed by atoms with E-state index in [0.717, 1.165) is 5.56 Å². The van der Waals surface area contributed by atoms with Crippen LogP contribution in [0.1, 0.15) is 22.8 Å². The van der Waals surface area contributed by atoms with Crippen LogP contribution in [0.2, 0.25) is 0 Å². The maximum atomic E-state index is 12.3. The molecular formula is C16H16BrNO2. The van der Waals surface area contributed by atoms with E-state index in [1.165, 1.54) is 12.1 Å². The predicted octanol–water partition coefficient (Wildman–Crippen LogP) is 3.43. The molecule has 0 saturated heterocycles. The number of carbonyl (C=O) groups is 1. The fraction of sp³-hybridized carbons (Fsp3) is 0.188. The molecule has 104 valence electrons. The minimum atomic E-state index is -0.490. The van der Waals surface area contributed by atoms with Gasteiger partial charge in [-0.25, -0.2) is 0 Å². The number of phenolic OH excluding ortho intramolecular Hbond substituents is 1. The number of carbonyl (C=O) groups excluding carboxylic acids is 1. The number of halogens is 1. The van der Waals surface area contributed by atoms with Crippen molar-refractivity contribution in [3.63, 3.8) is 0 Å². The van der Waals surface area contributed by atoms with Gasteiger partial charge in [-0.05, 0) is 36.8 Å². The molecule has 0 saturated carbocycles. The largest absolute Gasteiger partial charge is 0.508 e. The standard InChI is InChI=1S/C16H16BrNO2/c1-16(11-17,13-5-3-2-4-6-13)18-15(20)12-7-9-14(19)10-8-12/h2-10,19H,11H2,1H3,(H,18,20). The molecule has 0 heterocycles. The van der Waals surface area contributed by atoms with Gasteiger partial charge in [-0.15, -0.1) is 0 Å². The zero-order chi connectivity index (χ0) is 14.6. The number of amides is 1. The summed E-state index contributed by atoms with van der Waals surface area (Å²) in [5.41, 5.74) is 1.06. The van der Waals surface area contributed by atoms with E-state index >= 15 is 0 Å². The summed E-state index contributed by atoms with van der Waals surface area (Å²) in [7, 11) is 0. The molecule has 0 aliphatic rings. The van der Waals surface area contributed by atoms with E-state index in [9.17, 15) is 9.90 Å². The van der Waals surface area contributed by atoms with Crippen LogP contribution in [-0.4, -0.2) is 16.3 Å². The summed E-state index contributed by atoms with van der Waals surface area (Å²) >= 11 is 3.47. The Morgan fingerprint density at radius 3 is 2.30 bits per heavy atom. The first-order valence-corrected chi connectivity index (χ1v) is 7.40. The summed E-state index contributed by atoms with van der Waals surface area (Å²) in [6.07, 6.45) is 0. The van der Waals surface area contributed by atoms with Crippen molar-refractivity contribution in [1.29, 1.82) is 0 Å². The lowest BCUT2D eigenvalue weighted by molar-refractivity contribution is 0.0914. The molecule has 2 aromatic rings. The van der Waals surface area contributed by atoms with Gasteiger partial charge in [-0.2, -0.15) is 0 Å². The zero-order valence-electron chi connectivity index (χ0n) is 11.1. The van der Waals surface area contributed by atoms with Crippen molar-refractivity contribution in [2.45, 2.75) is 12.5 Å². The maximum absolute atomic E-state index is 12.3. The molecule has 0 fully saturated rings. The smallest absolute Gasteiger partial charge is 0.251 e. The number of rotatable bonds is 4. The number of benzene rings is 2. The topological polar surface area (TPSA) is 49.3 Å². The molecule has 20 heavy (non-hydrogen) atoms. The zero-order valence-corrected chi connectivity index (χ0v) is 12.7. The quantitative estimate of drug-likeness (QED) is 0.842. The molecule has 3 nitrogen and oxygen atoms in total. The van der Waals surface area contributed by atoms with Gasteiger partial charge >= 0.3 is 0 Å². The van der Waals surface area contributed by atoms with Crippen LogP contribution in [0.15, 0.2) is 54.6 Å². The molecule has 2 N–H and O–H groups in total. The first kappa shape index (κ1) is 14.6. The van der Waals surface area contributed by atoms with E-state index in [-0.39, 0.29) is 11.7 Å². The summed E-state index contributed by atoms with van der Waals surface area (Å²) in [5.74, 6) is -0.0244. The van der Waals surface area contributed by atoms with Crippen molar-refractivity contribution in [2.75, 3.05) is 5.33 Å². The third-order valence-corrected chi connectivity index (χ3v) is 4.32. The number of alkyl halides is 1. The van der Waals surface area contributed by atoms with E-state index in [1.807, 2.05) is 37.3 Å². The van der Waals surface area contributed by atoms with Gasteiger partial charge in [0, 0.05) is 10.9 Å². The van der Waals surface area contributed by atoms with Crippen molar-refractivity contribution in [2.24, 2.45) is 0 Å². The first-order chi connectivity index (χ1) is 9.55. The lowest BCUT2D eigenvalue weighted by Crippen LogP contribution is -2.44. The molecule has 2 aromatic carbocycles. The average Bonchev–Trinajstić information content (AvgIpc) is 2.48. The Morgan fingerprint density at radius 1 is 1.15 bits per heavy atom. The highest BCUT2D eigenvalue weighted by Crippen LogP contribution is 2.23. The fourth-order valence-corrected chi connectivity index (χ4v) is 2.39. The minimum Gasteiger partial charge on any atom is -0.508 e. The fourth-order valence-electron chi connectivity index (χ4n) is 1.92. The SMILES string of the molecule is CC(CBr)(NC(=O)c1ccc(O)cc1)c1ccccc1. The molecule has 0 aromatic heterocycles. The first-order valence-electron chi connectivity index (χ1n) is 6.28. The van der Waals surface area contributed by atoms with Crippen LogP contribution in [-0.2, 0) is 5.54 Å². The minimum absolute atomic E-state index is 0.146. The summed E-state index contributed by atoms with van der Waals surface area (Å²) in [6.45, 7) is 1.97. The molecule has 0 aliphatic heterocycles. The molecule has 0 spiro atoms. The van der Waals surface area contributed by atoms with E-state index in [1.54, 1.807) is 12.1 Å². The average molecular weight is 334 g/mol. The summed E-state index contributed by atoms with van der Waals surface area (Å²) < 4.78 is 0. The van der Waals surface area contributed by atoms with Gasteiger partial charge in [0.05, 0.1) is 5.54 Å². The van der Waals surface area contributed by atoms with E-state index < -0.39 is 5.54 Å². The van der Waals surface area contributed by atoms with Crippen molar-refractivity contribution in [1.82, 2.24) is 5.32 Å². The Balaban J connectivity index is 2.22. The molecule has 1 unspecified atom stereocenters. The molecule has 1 atom stereocenters. The van der Waals surface area contributed by atoms with Crippen LogP contribution in [0, 0.1) is 0 Å². The molecule has 0 radical (unpaired) electrons. The molecule has 4 heteroatoms. The Morgan fingerprint density at radius 2 is 1.75 bits per heavy atom. The van der Waals surface area contributed by atoms with Gasteiger partial charge in [0.25, 0.3) is 5.91 Å². The van der Waals surface area contributed by atoms with Gasteiger partial charge in [0.2, 0.25) is 0 Å². The van der Waals surface area contributed by atoms with Crippen molar-refractivity contribution < 1.29 is 9.90 Å². The Hall–Kier alpha value is -1.81. The maximum Gasteiger partial charge on any atom is 0.251 e. The van der Waals surface area contributed by atoms with Crippen LogP contribution in [0.3, 0.4) is 0 Å². The predicted molar refractivity (Wildman–Crippen MR) is 83.2 cm³/mol. The van der Waals surface area contributed by atoms with Crippen LogP contribution in [0.5, 0.6) is 5.75 Å². The third kappa shape index (κ3) is 3.20. The number of hydrogen-bond acceptors (Lipinski definition) is 2. The second-order valence-corrected chi connectivity index (χ2v) is 5.39. The van der Waals surface area contributed by atoms with Crippen molar-refractivity contribution in [3.05, 3.63) is 65.7 Å². The Bertz CT molecular complexity index is 583. The van der Waals surface area contributed by atoms with Gasteiger partial charge in [-0.3, -0.25) is 4.79 Å². The van der Waals surface area contributed by atoms with Crippen LogP contribution >= 0.6 is 15.9 Å². The van der Waals surface area contributed by atoms with Crippen LogP contribution in [0.25, 0.3) is 0 Å². The van der Waals surface area contributed by atoms with Crippen LogP contribution in [0.4, 0.5) is 0 Å². The lowest BCUT2D eigenvalue weighted by Gasteiger charge is -2.29. The normalized spacial score (nSPS) is 13.5. The van der Waals surface area contributed by atoms with Crippen molar-refractivity contribution in [3.8, 4) is 5.75 Å². The Kier molecular flexibility index (Phi) is 4.45. The highest BCUT2D eigenvalue weighted by molar-refractivity contribution is 9.09. The number of aromatic hydroxyl groups is 1. The second-order valence-electron chi connectivity index (χ2n) is 4.83. The molecule has 0 bridgehead atoms. The van der Waals surface area contributed by atoms with Gasteiger partial charge < -0.3 is 10.4 Å².